The van der Waals surface area contributed by atoms with E-state index in [-0.39, 0.29) is 11.9 Å². The van der Waals surface area contributed by atoms with Crippen molar-refractivity contribution in [1.29, 1.82) is 0 Å². The van der Waals surface area contributed by atoms with E-state index in [1.165, 1.54) is 23.3 Å². The number of esters is 1. The summed E-state index contributed by atoms with van der Waals surface area (Å²) in [5, 5.41) is 23.3. The molecule has 0 aromatic carbocycles. The van der Waals surface area contributed by atoms with Gasteiger partial charge in [0.2, 0.25) is 5.91 Å². The third-order valence-corrected chi connectivity index (χ3v) is 7.78. The first kappa shape index (κ1) is 24.5. The molecular formula is C21H31NO7S2. The Morgan fingerprint density at radius 1 is 1.26 bits per heavy atom. The normalized spacial score (nSPS) is 25.3. The van der Waals surface area contributed by atoms with Crippen molar-refractivity contribution in [3.63, 3.8) is 0 Å². The first-order chi connectivity index (χ1) is 15.0. The molecule has 0 unspecified atom stereocenters. The highest BCUT2D eigenvalue weighted by Gasteiger charge is 2.42. The van der Waals surface area contributed by atoms with Gasteiger partial charge in [0.1, 0.15) is 17.2 Å². The lowest BCUT2D eigenvalue weighted by molar-refractivity contribution is -0.145. The number of aryl methyl sites for hydroxylation is 1. The predicted octanol–water partition coefficient (Wildman–Crippen LogP) is 2.35. The number of hydrogen-bond acceptors (Lipinski definition) is 9. The van der Waals surface area contributed by atoms with Gasteiger partial charge >= 0.3 is 5.97 Å². The molecule has 1 aliphatic heterocycles. The van der Waals surface area contributed by atoms with E-state index >= 15 is 0 Å². The summed E-state index contributed by atoms with van der Waals surface area (Å²) >= 11 is 3.04. The van der Waals surface area contributed by atoms with Gasteiger partial charge in [-0.3, -0.25) is 4.79 Å². The predicted molar refractivity (Wildman–Crippen MR) is 120 cm³/mol. The fourth-order valence-corrected chi connectivity index (χ4v) is 6.16. The number of carbonyl (C=O) groups is 2. The topological polar surface area (TPSA) is 114 Å². The second-order valence-corrected chi connectivity index (χ2v) is 9.88. The minimum Gasteiger partial charge on any atom is -0.462 e. The number of thiophene rings is 1. The summed E-state index contributed by atoms with van der Waals surface area (Å²) in [5.74, 6) is 0.722. The van der Waals surface area contributed by atoms with Gasteiger partial charge in [-0.2, -0.15) is 11.8 Å². The Hall–Kier alpha value is -1.17. The molecule has 3 N–H and O–H groups in total. The fraction of sp³-hybridized carbons (Fsp3) is 0.714. The monoisotopic (exact) mass is 473 g/mol. The molecule has 1 aromatic rings. The van der Waals surface area contributed by atoms with Crippen LogP contribution in [-0.2, 0) is 31.8 Å². The second-order valence-electron chi connectivity index (χ2n) is 7.62. The number of thioether (sulfide) groups is 1. The van der Waals surface area contributed by atoms with Crippen LogP contribution >= 0.6 is 23.1 Å². The fourth-order valence-electron chi connectivity index (χ4n) is 3.84. The molecule has 0 spiro atoms. The first-order valence-corrected chi connectivity index (χ1v) is 12.7. The summed E-state index contributed by atoms with van der Waals surface area (Å²) in [5.41, 5.74) is 1.56. The average molecular weight is 474 g/mol. The van der Waals surface area contributed by atoms with Crippen molar-refractivity contribution in [1.82, 2.24) is 0 Å². The van der Waals surface area contributed by atoms with Crippen LogP contribution in [0.15, 0.2) is 0 Å². The van der Waals surface area contributed by atoms with Crippen LogP contribution in [0.4, 0.5) is 5.00 Å². The van der Waals surface area contributed by atoms with Crippen LogP contribution in [0, 0.1) is 0 Å². The molecule has 2 aliphatic rings. The highest BCUT2D eigenvalue weighted by molar-refractivity contribution is 7.99. The largest absolute Gasteiger partial charge is 0.462 e. The van der Waals surface area contributed by atoms with Gasteiger partial charge in [-0.05, 0) is 50.3 Å². The Kier molecular flexibility index (Phi) is 9.18. The zero-order chi connectivity index (χ0) is 22.4. The lowest BCUT2D eigenvalue weighted by Gasteiger charge is -2.13. The van der Waals surface area contributed by atoms with Gasteiger partial charge in [0.15, 0.2) is 6.29 Å². The van der Waals surface area contributed by atoms with Crippen molar-refractivity contribution < 1.29 is 34.0 Å². The van der Waals surface area contributed by atoms with Crippen LogP contribution in [0.5, 0.6) is 0 Å². The smallest absolute Gasteiger partial charge is 0.341 e. The Balaban J connectivity index is 1.46. The van der Waals surface area contributed by atoms with Gasteiger partial charge in [-0.15, -0.1) is 11.3 Å². The number of anilines is 1. The Morgan fingerprint density at radius 2 is 2.03 bits per heavy atom. The maximum atomic E-state index is 12.5. The highest BCUT2D eigenvalue weighted by Crippen LogP contribution is 2.38. The van der Waals surface area contributed by atoms with E-state index < -0.39 is 24.6 Å². The molecule has 0 radical (unpaired) electrons. The Labute approximate surface area is 190 Å². The van der Waals surface area contributed by atoms with Gasteiger partial charge in [-0.25, -0.2) is 4.79 Å². The number of carbonyl (C=O) groups excluding carboxylic acids is 2. The van der Waals surface area contributed by atoms with Crippen molar-refractivity contribution in [3.8, 4) is 0 Å². The molecule has 1 aliphatic carbocycles. The third kappa shape index (κ3) is 6.00. The van der Waals surface area contributed by atoms with Gasteiger partial charge in [0, 0.05) is 24.2 Å². The average Bonchev–Trinajstić information content (AvgIpc) is 3.25. The number of nitrogens with one attached hydrogen (secondary N) is 1. The molecule has 1 saturated heterocycles. The van der Waals surface area contributed by atoms with Crippen LogP contribution in [0.2, 0.25) is 0 Å². The second kappa shape index (κ2) is 11.6. The molecular weight excluding hydrogens is 442 g/mol. The molecule has 1 fully saturated rings. The van der Waals surface area contributed by atoms with Crippen molar-refractivity contribution >= 4 is 40.0 Å². The molecule has 1 aromatic heterocycles. The number of hydrogen-bond donors (Lipinski definition) is 3. The van der Waals surface area contributed by atoms with E-state index in [1.54, 1.807) is 18.7 Å². The zero-order valence-electron chi connectivity index (χ0n) is 17.9. The molecule has 3 rings (SSSR count). The Morgan fingerprint density at radius 3 is 2.74 bits per heavy atom. The van der Waals surface area contributed by atoms with Crippen molar-refractivity contribution in [2.24, 2.45) is 0 Å². The van der Waals surface area contributed by atoms with Gasteiger partial charge in [0.05, 0.1) is 18.3 Å². The minimum atomic E-state index is -1.05. The molecule has 0 bridgehead atoms. The molecule has 2 heterocycles. The molecule has 10 heteroatoms. The van der Waals surface area contributed by atoms with E-state index in [4.69, 9.17) is 14.2 Å². The SMILES string of the molecule is CCOC(=O)c1c(NC(=O)CCCSC[C@H]2O[C@H](OC)[C@@H](O)[C@@H]2O)sc2c1CCCC2. The number of methoxy groups -OCH3 is 1. The molecule has 8 nitrogen and oxygen atoms in total. The minimum absolute atomic E-state index is 0.128. The number of aliphatic hydroxyl groups excluding tert-OH is 2. The standard InChI is InChI=1S/C21H31NO7S2/c1-3-28-20(26)16-12-7-4-5-8-14(12)31-19(16)22-15(23)9-6-10-30-11-13-17(24)18(25)21(27-2)29-13/h13,17-18,21,24-25H,3-11H2,1-2H3,(H,22,23)/t13-,17-,18+,21+/m1/s1. The number of aliphatic hydroxyl groups is 2. The van der Waals surface area contributed by atoms with Gasteiger partial charge in [-0.1, -0.05) is 0 Å². The van der Waals surface area contributed by atoms with E-state index in [0.29, 0.717) is 41.5 Å². The van der Waals surface area contributed by atoms with E-state index in [1.807, 2.05) is 0 Å². The summed E-state index contributed by atoms with van der Waals surface area (Å²) in [7, 11) is 1.42. The number of amides is 1. The van der Waals surface area contributed by atoms with Gasteiger partial charge < -0.3 is 29.7 Å². The van der Waals surface area contributed by atoms with Crippen LogP contribution in [0.3, 0.4) is 0 Å². The van der Waals surface area contributed by atoms with Crippen LogP contribution in [-0.4, -0.2) is 71.9 Å². The number of rotatable bonds is 10. The lowest BCUT2D eigenvalue weighted by Crippen LogP contribution is -2.33. The summed E-state index contributed by atoms with van der Waals surface area (Å²) in [4.78, 5) is 26.1. The lowest BCUT2D eigenvalue weighted by atomic mass is 9.95. The molecule has 4 atom stereocenters. The highest BCUT2D eigenvalue weighted by atomic mass is 32.2. The van der Waals surface area contributed by atoms with E-state index in [2.05, 4.69) is 5.32 Å². The summed E-state index contributed by atoms with van der Waals surface area (Å²) in [6.07, 6.45) is 1.57. The third-order valence-electron chi connectivity index (χ3n) is 5.43. The molecule has 31 heavy (non-hydrogen) atoms. The quantitative estimate of drug-likeness (QED) is 0.351. The summed E-state index contributed by atoms with van der Waals surface area (Å²) in [6, 6.07) is 0. The zero-order valence-corrected chi connectivity index (χ0v) is 19.6. The number of ether oxygens (including phenoxy) is 3. The van der Waals surface area contributed by atoms with Crippen molar-refractivity contribution in [2.75, 3.05) is 30.5 Å². The first-order valence-electron chi connectivity index (χ1n) is 10.7. The Bertz CT molecular complexity index is 769. The summed E-state index contributed by atoms with van der Waals surface area (Å²) < 4.78 is 15.7. The summed E-state index contributed by atoms with van der Waals surface area (Å²) in [6.45, 7) is 2.08. The van der Waals surface area contributed by atoms with E-state index in [9.17, 15) is 19.8 Å². The maximum absolute atomic E-state index is 12.5. The van der Waals surface area contributed by atoms with Crippen molar-refractivity contribution in [3.05, 3.63) is 16.0 Å². The number of fused-ring (bicyclic) bond motifs is 1. The van der Waals surface area contributed by atoms with E-state index in [0.717, 1.165) is 31.2 Å². The molecule has 0 saturated carbocycles. The molecule has 174 valence electrons. The molecule has 1 amide bonds. The van der Waals surface area contributed by atoms with Crippen LogP contribution in [0.1, 0.15) is 53.4 Å². The maximum Gasteiger partial charge on any atom is 0.341 e. The van der Waals surface area contributed by atoms with Crippen molar-refractivity contribution in [2.45, 2.75) is 70.1 Å². The van der Waals surface area contributed by atoms with Crippen LogP contribution in [0.25, 0.3) is 0 Å². The van der Waals surface area contributed by atoms with Crippen LogP contribution < -0.4 is 5.32 Å². The van der Waals surface area contributed by atoms with Gasteiger partial charge in [0.25, 0.3) is 0 Å².